The molecule has 2 heterocycles. The second-order valence-electron chi connectivity index (χ2n) is 4.15. The fourth-order valence-electron chi connectivity index (χ4n) is 2.08. The molecule has 0 aliphatic carbocycles. The molecule has 16 heavy (non-hydrogen) atoms. The Morgan fingerprint density at radius 3 is 3.25 bits per heavy atom. The standard InChI is InChI=1S/C12H19N3O/c1-10-9-15(7-8-16-10)12-11(4-5-13)3-2-6-14-12/h2-3,6,10H,4-5,7-9,13H2,1H3. The summed E-state index contributed by atoms with van der Waals surface area (Å²) < 4.78 is 5.54. The molecule has 2 N–H and O–H groups in total. The van der Waals surface area contributed by atoms with E-state index in [1.807, 2.05) is 12.3 Å². The van der Waals surface area contributed by atoms with Crippen LogP contribution in [0.15, 0.2) is 18.3 Å². The van der Waals surface area contributed by atoms with Crippen molar-refractivity contribution in [2.45, 2.75) is 19.4 Å². The molecule has 1 atom stereocenters. The van der Waals surface area contributed by atoms with Crippen molar-refractivity contribution in [2.75, 3.05) is 31.1 Å². The molecule has 1 aromatic rings. The number of hydrogen-bond acceptors (Lipinski definition) is 4. The number of nitrogens with two attached hydrogens (primary N) is 1. The zero-order valence-corrected chi connectivity index (χ0v) is 9.72. The van der Waals surface area contributed by atoms with Crippen molar-refractivity contribution in [3.8, 4) is 0 Å². The highest BCUT2D eigenvalue weighted by atomic mass is 16.5. The number of anilines is 1. The summed E-state index contributed by atoms with van der Waals surface area (Å²) in [5, 5.41) is 0. The number of aromatic nitrogens is 1. The van der Waals surface area contributed by atoms with E-state index in [-0.39, 0.29) is 6.10 Å². The lowest BCUT2D eigenvalue weighted by Crippen LogP contribution is -2.42. The van der Waals surface area contributed by atoms with Gasteiger partial charge in [0.25, 0.3) is 0 Å². The lowest BCUT2D eigenvalue weighted by Gasteiger charge is -2.33. The summed E-state index contributed by atoms with van der Waals surface area (Å²) in [7, 11) is 0. The summed E-state index contributed by atoms with van der Waals surface area (Å²) in [6.45, 7) is 5.36. The number of ether oxygens (including phenoxy) is 1. The first-order valence-corrected chi connectivity index (χ1v) is 5.81. The lowest BCUT2D eigenvalue weighted by atomic mass is 10.1. The highest BCUT2D eigenvalue weighted by molar-refractivity contribution is 5.47. The maximum Gasteiger partial charge on any atom is 0.131 e. The van der Waals surface area contributed by atoms with Crippen LogP contribution in [0.4, 0.5) is 5.82 Å². The van der Waals surface area contributed by atoms with E-state index >= 15 is 0 Å². The van der Waals surface area contributed by atoms with Crippen molar-refractivity contribution < 1.29 is 4.74 Å². The topological polar surface area (TPSA) is 51.4 Å². The van der Waals surface area contributed by atoms with E-state index in [0.29, 0.717) is 6.54 Å². The van der Waals surface area contributed by atoms with Gasteiger partial charge >= 0.3 is 0 Å². The Balaban J connectivity index is 2.17. The average Bonchev–Trinajstić information content (AvgIpc) is 2.30. The fraction of sp³-hybridized carbons (Fsp3) is 0.583. The molecule has 4 heteroatoms. The van der Waals surface area contributed by atoms with Crippen LogP contribution in [0.5, 0.6) is 0 Å². The maximum atomic E-state index is 5.62. The molecule has 0 spiro atoms. The summed E-state index contributed by atoms with van der Waals surface area (Å²) in [4.78, 5) is 6.76. The van der Waals surface area contributed by atoms with Crippen LogP contribution in [0.25, 0.3) is 0 Å². The summed E-state index contributed by atoms with van der Waals surface area (Å²) in [5.41, 5.74) is 6.85. The third-order valence-corrected chi connectivity index (χ3v) is 2.82. The molecule has 0 radical (unpaired) electrons. The van der Waals surface area contributed by atoms with Gasteiger partial charge in [0.15, 0.2) is 0 Å². The molecule has 1 saturated heterocycles. The van der Waals surface area contributed by atoms with Crippen molar-refractivity contribution in [3.63, 3.8) is 0 Å². The van der Waals surface area contributed by atoms with E-state index in [0.717, 1.165) is 31.9 Å². The quantitative estimate of drug-likeness (QED) is 0.820. The average molecular weight is 221 g/mol. The van der Waals surface area contributed by atoms with Crippen LogP contribution < -0.4 is 10.6 Å². The highest BCUT2D eigenvalue weighted by Crippen LogP contribution is 2.19. The van der Waals surface area contributed by atoms with Crippen LogP contribution in [0, 0.1) is 0 Å². The molecular formula is C12H19N3O. The second-order valence-corrected chi connectivity index (χ2v) is 4.15. The van der Waals surface area contributed by atoms with E-state index in [1.54, 1.807) is 0 Å². The molecule has 1 aliphatic rings. The molecule has 2 rings (SSSR count). The zero-order valence-electron chi connectivity index (χ0n) is 9.72. The van der Waals surface area contributed by atoms with Crippen LogP contribution in [0.1, 0.15) is 12.5 Å². The largest absolute Gasteiger partial charge is 0.375 e. The van der Waals surface area contributed by atoms with Gasteiger partial charge in [0.2, 0.25) is 0 Å². The van der Waals surface area contributed by atoms with Crippen molar-refractivity contribution >= 4 is 5.82 Å². The van der Waals surface area contributed by atoms with Crippen LogP contribution in [-0.4, -0.2) is 37.3 Å². The molecule has 0 amide bonds. The molecule has 1 aliphatic heterocycles. The van der Waals surface area contributed by atoms with Gasteiger partial charge in [0, 0.05) is 19.3 Å². The molecule has 1 unspecified atom stereocenters. The van der Waals surface area contributed by atoms with Gasteiger partial charge in [-0.25, -0.2) is 4.98 Å². The van der Waals surface area contributed by atoms with Gasteiger partial charge in [-0.15, -0.1) is 0 Å². The lowest BCUT2D eigenvalue weighted by molar-refractivity contribution is 0.0529. The Morgan fingerprint density at radius 2 is 2.50 bits per heavy atom. The Kier molecular flexibility index (Phi) is 3.74. The highest BCUT2D eigenvalue weighted by Gasteiger charge is 2.19. The van der Waals surface area contributed by atoms with Crippen molar-refractivity contribution in [2.24, 2.45) is 5.73 Å². The summed E-state index contributed by atoms with van der Waals surface area (Å²) in [6, 6.07) is 4.08. The second kappa shape index (κ2) is 5.27. The third kappa shape index (κ3) is 2.51. The van der Waals surface area contributed by atoms with Gasteiger partial charge in [0.05, 0.1) is 12.7 Å². The number of rotatable bonds is 3. The van der Waals surface area contributed by atoms with Crippen LogP contribution >= 0.6 is 0 Å². The Labute approximate surface area is 96.4 Å². The Hall–Kier alpha value is -1.13. The van der Waals surface area contributed by atoms with Gasteiger partial charge < -0.3 is 15.4 Å². The molecule has 0 bridgehead atoms. The summed E-state index contributed by atoms with van der Waals surface area (Å²) in [6.07, 6.45) is 3.01. The first-order chi connectivity index (χ1) is 7.81. The van der Waals surface area contributed by atoms with Crippen LogP contribution in [-0.2, 0) is 11.2 Å². The minimum atomic E-state index is 0.279. The SMILES string of the molecule is CC1CN(c2ncccc2CCN)CCO1. The van der Waals surface area contributed by atoms with Gasteiger partial charge in [0.1, 0.15) is 5.82 Å². The maximum absolute atomic E-state index is 5.62. The first-order valence-electron chi connectivity index (χ1n) is 5.81. The number of nitrogens with zero attached hydrogens (tertiary/aromatic N) is 2. The molecule has 0 aromatic carbocycles. The predicted octanol–water partition coefficient (Wildman–Crippen LogP) is 0.808. The van der Waals surface area contributed by atoms with Crippen LogP contribution in [0.2, 0.25) is 0 Å². The van der Waals surface area contributed by atoms with E-state index < -0.39 is 0 Å². The number of pyridine rings is 1. The predicted molar refractivity (Wildman–Crippen MR) is 64.6 cm³/mol. The third-order valence-electron chi connectivity index (χ3n) is 2.82. The Bertz CT molecular complexity index is 343. The van der Waals surface area contributed by atoms with Gasteiger partial charge in [-0.1, -0.05) is 6.07 Å². The monoisotopic (exact) mass is 221 g/mol. The molecule has 4 nitrogen and oxygen atoms in total. The fourth-order valence-corrected chi connectivity index (χ4v) is 2.08. The molecule has 88 valence electrons. The van der Waals surface area contributed by atoms with E-state index in [4.69, 9.17) is 10.5 Å². The molecule has 1 aromatic heterocycles. The van der Waals surface area contributed by atoms with Gasteiger partial charge in [-0.2, -0.15) is 0 Å². The number of hydrogen-bond donors (Lipinski definition) is 1. The van der Waals surface area contributed by atoms with Crippen molar-refractivity contribution in [1.82, 2.24) is 4.98 Å². The number of morpholine rings is 1. The smallest absolute Gasteiger partial charge is 0.131 e. The van der Waals surface area contributed by atoms with Crippen molar-refractivity contribution in [3.05, 3.63) is 23.9 Å². The summed E-state index contributed by atoms with van der Waals surface area (Å²) >= 11 is 0. The molecule has 1 fully saturated rings. The molecular weight excluding hydrogens is 202 g/mol. The van der Waals surface area contributed by atoms with Gasteiger partial charge in [-0.05, 0) is 31.5 Å². The Morgan fingerprint density at radius 1 is 1.62 bits per heavy atom. The minimum Gasteiger partial charge on any atom is -0.375 e. The van der Waals surface area contributed by atoms with Gasteiger partial charge in [-0.3, -0.25) is 0 Å². The molecule has 0 saturated carbocycles. The van der Waals surface area contributed by atoms with E-state index in [2.05, 4.69) is 22.9 Å². The first kappa shape index (κ1) is 11.4. The van der Waals surface area contributed by atoms with Crippen molar-refractivity contribution in [1.29, 1.82) is 0 Å². The van der Waals surface area contributed by atoms with E-state index in [1.165, 1.54) is 5.56 Å². The normalized spacial score (nSPS) is 21.1. The van der Waals surface area contributed by atoms with E-state index in [9.17, 15) is 0 Å². The minimum absolute atomic E-state index is 0.279. The summed E-state index contributed by atoms with van der Waals surface area (Å²) in [5.74, 6) is 1.07. The van der Waals surface area contributed by atoms with Crippen LogP contribution in [0.3, 0.4) is 0 Å². The zero-order chi connectivity index (χ0) is 11.4.